The zero-order chi connectivity index (χ0) is 10.8. The zero-order valence-corrected chi connectivity index (χ0v) is 9.58. The Balaban J connectivity index is 2.37. The van der Waals surface area contributed by atoms with Gasteiger partial charge in [0.25, 0.3) is 0 Å². The molecule has 1 atom stereocenters. The number of nitrogens with zero attached hydrogens (tertiary/aromatic N) is 1. The molecule has 2 rings (SSSR count). The topological polar surface area (TPSA) is 60.5 Å². The summed E-state index contributed by atoms with van der Waals surface area (Å²) in [5, 5.41) is 2.59. The van der Waals surface area contributed by atoms with Crippen LogP contribution in [0, 0.1) is 0 Å². The lowest BCUT2D eigenvalue weighted by Gasteiger charge is -2.13. The number of aromatic nitrogens is 1. The number of carbonyl (C=O) groups is 1. The molecule has 80 valence electrons. The number of pyridine rings is 1. The molecule has 1 fully saturated rings. The van der Waals surface area contributed by atoms with Crippen LogP contribution in [-0.4, -0.2) is 24.7 Å². The molecular weight excluding hydrogens is 264 g/mol. The number of carbonyl (C=O) groups excluding carboxylic acids is 1. The van der Waals surface area contributed by atoms with Crippen molar-refractivity contribution in [1.29, 1.82) is 0 Å². The molecule has 15 heavy (non-hydrogen) atoms. The first-order valence-corrected chi connectivity index (χ1v) is 5.13. The monoisotopic (exact) mass is 272 g/mol. The van der Waals surface area contributed by atoms with Gasteiger partial charge in [0.2, 0.25) is 0 Å². The van der Waals surface area contributed by atoms with E-state index < -0.39 is 6.09 Å². The van der Waals surface area contributed by atoms with E-state index in [4.69, 9.17) is 9.47 Å². The van der Waals surface area contributed by atoms with E-state index in [2.05, 4.69) is 26.2 Å². The van der Waals surface area contributed by atoms with Gasteiger partial charge in [-0.25, -0.2) is 4.79 Å². The van der Waals surface area contributed by atoms with Crippen LogP contribution in [0.15, 0.2) is 16.9 Å². The third-order valence-electron chi connectivity index (χ3n) is 2.13. The molecule has 1 aliphatic heterocycles. The van der Waals surface area contributed by atoms with Crippen molar-refractivity contribution in [2.24, 2.45) is 0 Å². The Kier molecular flexibility index (Phi) is 2.77. The first-order chi connectivity index (χ1) is 7.22. The molecule has 6 heteroatoms. The predicted octanol–water partition coefficient (Wildman–Crippen LogP) is 1.63. The fourth-order valence-corrected chi connectivity index (χ4v) is 2.02. The van der Waals surface area contributed by atoms with E-state index in [1.165, 1.54) is 0 Å². The number of methoxy groups -OCH3 is 1. The van der Waals surface area contributed by atoms with Crippen molar-refractivity contribution in [3.05, 3.63) is 22.4 Å². The number of nitrogens with one attached hydrogen (secondary N) is 1. The van der Waals surface area contributed by atoms with Gasteiger partial charge in [0, 0.05) is 10.7 Å². The molecule has 0 aromatic carbocycles. The summed E-state index contributed by atoms with van der Waals surface area (Å²) in [7, 11) is 1.55. The summed E-state index contributed by atoms with van der Waals surface area (Å²) in [6.45, 7) is 0.442. The summed E-state index contributed by atoms with van der Waals surface area (Å²) in [4.78, 5) is 14.9. The Morgan fingerprint density at radius 1 is 1.67 bits per heavy atom. The maximum absolute atomic E-state index is 10.9. The van der Waals surface area contributed by atoms with E-state index in [1.54, 1.807) is 19.5 Å². The molecule has 1 aromatic heterocycles. The van der Waals surface area contributed by atoms with Crippen molar-refractivity contribution in [1.82, 2.24) is 10.3 Å². The van der Waals surface area contributed by atoms with Crippen LogP contribution in [0.5, 0.6) is 5.75 Å². The van der Waals surface area contributed by atoms with Gasteiger partial charge in [0.15, 0.2) is 6.10 Å². The number of halogens is 1. The second kappa shape index (κ2) is 4.06. The Morgan fingerprint density at radius 3 is 3.07 bits per heavy atom. The number of ether oxygens (including phenoxy) is 2. The average Bonchev–Trinajstić information content (AvgIpc) is 2.64. The SMILES string of the molecule is COc1cncc(Br)c1C1CNC(=O)O1. The van der Waals surface area contributed by atoms with E-state index >= 15 is 0 Å². The van der Waals surface area contributed by atoms with Crippen LogP contribution in [0.3, 0.4) is 0 Å². The van der Waals surface area contributed by atoms with Crippen LogP contribution in [0.1, 0.15) is 11.7 Å². The van der Waals surface area contributed by atoms with Gasteiger partial charge >= 0.3 is 6.09 Å². The highest BCUT2D eigenvalue weighted by molar-refractivity contribution is 9.10. The van der Waals surface area contributed by atoms with Gasteiger partial charge in [-0.05, 0) is 15.9 Å². The van der Waals surface area contributed by atoms with Crippen molar-refractivity contribution in [2.75, 3.05) is 13.7 Å². The summed E-state index contributed by atoms with van der Waals surface area (Å²) in [6, 6.07) is 0. The Labute approximate surface area is 94.9 Å². The van der Waals surface area contributed by atoms with Gasteiger partial charge in [-0.2, -0.15) is 0 Å². The highest BCUT2D eigenvalue weighted by Crippen LogP contribution is 2.34. The summed E-state index contributed by atoms with van der Waals surface area (Å²) >= 11 is 3.36. The van der Waals surface area contributed by atoms with Gasteiger partial charge < -0.3 is 14.8 Å². The lowest BCUT2D eigenvalue weighted by atomic mass is 10.1. The Hall–Kier alpha value is -1.30. The smallest absolute Gasteiger partial charge is 0.407 e. The first-order valence-electron chi connectivity index (χ1n) is 4.34. The average molecular weight is 273 g/mol. The molecule has 0 radical (unpaired) electrons. The van der Waals surface area contributed by atoms with E-state index in [1.807, 2.05) is 0 Å². The quantitative estimate of drug-likeness (QED) is 0.889. The molecule has 2 heterocycles. The van der Waals surface area contributed by atoms with Crippen LogP contribution in [0.4, 0.5) is 4.79 Å². The number of rotatable bonds is 2. The summed E-state index contributed by atoms with van der Waals surface area (Å²) in [6.07, 6.45) is 2.49. The summed E-state index contributed by atoms with van der Waals surface area (Å²) in [5.41, 5.74) is 0.797. The maximum atomic E-state index is 10.9. The fourth-order valence-electron chi connectivity index (χ4n) is 1.45. The van der Waals surface area contributed by atoms with Gasteiger partial charge in [-0.1, -0.05) is 0 Å². The molecule has 1 amide bonds. The lowest BCUT2D eigenvalue weighted by molar-refractivity contribution is 0.139. The van der Waals surface area contributed by atoms with Gasteiger partial charge in [0.05, 0.1) is 25.4 Å². The van der Waals surface area contributed by atoms with E-state index in [0.29, 0.717) is 12.3 Å². The van der Waals surface area contributed by atoms with E-state index in [0.717, 1.165) is 10.0 Å². The van der Waals surface area contributed by atoms with Crippen LogP contribution in [0.25, 0.3) is 0 Å². The van der Waals surface area contributed by atoms with Crippen molar-refractivity contribution in [3.63, 3.8) is 0 Å². The van der Waals surface area contributed by atoms with Gasteiger partial charge in [0.1, 0.15) is 5.75 Å². The van der Waals surface area contributed by atoms with Gasteiger partial charge in [-0.15, -0.1) is 0 Å². The number of alkyl carbamates (subject to hydrolysis) is 1. The highest BCUT2D eigenvalue weighted by atomic mass is 79.9. The number of hydrogen-bond acceptors (Lipinski definition) is 4. The zero-order valence-electron chi connectivity index (χ0n) is 7.99. The maximum Gasteiger partial charge on any atom is 0.407 e. The normalized spacial score (nSPS) is 19.6. The second-order valence-electron chi connectivity index (χ2n) is 3.01. The molecule has 1 aromatic rings. The van der Waals surface area contributed by atoms with Crippen LogP contribution < -0.4 is 10.1 Å². The second-order valence-corrected chi connectivity index (χ2v) is 3.87. The minimum atomic E-state index is -0.411. The van der Waals surface area contributed by atoms with Gasteiger partial charge in [-0.3, -0.25) is 4.98 Å². The molecule has 0 aliphatic carbocycles. The van der Waals surface area contributed by atoms with Crippen molar-refractivity contribution in [3.8, 4) is 5.75 Å². The fraction of sp³-hybridized carbons (Fsp3) is 0.333. The lowest BCUT2D eigenvalue weighted by Crippen LogP contribution is -2.12. The number of amides is 1. The number of cyclic esters (lactones) is 1. The molecule has 0 bridgehead atoms. The molecular formula is C9H9BrN2O3. The molecule has 1 saturated heterocycles. The Morgan fingerprint density at radius 2 is 2.47 bits per heavy atom. The molecule has 1 N–H and O–H groups in total. The van der Waals surface area contributed by atoms with Crippen LogP contribution in [-0.2, 0) is 4.74 Å². The van der Waals surface area contributed by atoms with Crippen LogP contribution in [0.2, 0.25) is 0 Å². The van der Waals surface area contributed by atoms with Crippen molar-refractivity contribution < 1.29 is 14.3 Å². The standard InChI is InChI=1S/C9H9BrN2O3/c1-14-6-3-11-2-5(10)8(6)7-4-12-9(13)15-7/h2-3,7H,4H2,1H3,(H,12,13). The molecule has 1 unspecified atom stereocenters. The first kappa shape index (κ1) is 10.2. The predicted molar refractivity (Wildman–Crippen MR) is 55.7 cm³/mol. The molecule has 5 nitrogen and oxygen atoms in total. The van der Waals surface area contributed by atoms with E-state index in [9.17, 15) is 4.79 Å². The third-order valence-corrected chi connectivity index (χ3v) is 2.76. The number of hydrogen-bond donors (Lipinski definition) is 1. The summed E-state index contributed by atoms with van der Waals surface area (Å²) < 4.78 is 11.0. The molecule has 0 spiro atoms. The van der Waals surface area contributed by atoms with Crippen molar-refractivity contribution in [2.45, 2.75) is 6.10 Å². The van der Waals surface area contributed by atoms with E-state index in [-0.39, 0.29) is 6.10 Å². The Bertz CT molecular complexity index is 397. The summed E-state index contributed by atoms with van der Waals surface area (Å²) in [5.74, 6) is 0.603. The molecule has 1 aliphatic rings. The third kappa shape index (κ3) is 1.90. The largest absolute Gasteiger partial charge is 0.495 e. The highest BCUT2D eigenvalue weighted by Gasteiger charge is 2.28. The minimum absolute atomic E-state index is 0.329. The minimum Gasteiger partial charge on any atom is -0.495 e. The molecule has 0 saturated carbocycles. The van der Waals surface area contributed by atoms with Crippen molar-refractivity contribution >= 4 is 22.0 Å². The van der Waals surface area contributed by atoms with Crippen LogP contribution >= 0.6 is 15.9 Å².